The number of nitrogens with one attached hydrogen (secondary N) is 2. The minimum atomic E-state index is -5.08. The summed E-state index contributed by atoms with van der Waals surface area (Å²) >= 11 is 5.64. The second-order valence-corrected chi connectivity index (χ2v) is 7.80. The van der Waals surface area contributed by atoms with Crippen molar-refractivity contribution in [1.82, 2.24) is 19.9 Å². The van der Waals surface area contributed by atoms with Gasteiger partial charge in [-0.25, -0.2) is 19.7 Å². The molecule has 2 aromatic carbocycles. The third kappa shape index (κ3) is 6.70. The van der Waals surface area contributed by atoms with Crippen LogP contribution in [-0.4, -0.2) is 63.9 Å². The first-order valence-corrected chi connectivity index (χ1v) is 11.2. The fourth-order valence-electron chi connectivity index (χ4n) is 3.18. The normalized spacial score (nSPS) is 11.0. The number of carbonyl (C=O) groups is 1. The second-order valence-electron chi connectivity index (χ2n) is 7.42. The van der Waals surface area contributed by atoms with Gasteiger partial charge in [-0.3, -0.25) is 15.1 Å². The minimum absolute atomic E-state index is 0.221. The zero-order valence-corrected chi connectivity index (χ0v) is 20.9. The van der Waals surface area contributed by atoms with Crippen molar-refractivity contribution in [2.75, 3.05) is 32.0 Å². The molecule has 4 aromatic rings. The standard InChI is InChI=1S/C21H20ClN5O4.C2HF3O2/c1-11-14-9-13(29-2)10-17(30-3)18(14)25-20(23-11)27-21-24-16-5-4-12(31-7-6-22)8-15(16)19(28)26-21;3-2(4,5)1(6)7/h4-5,8-10H,6-7H2,1-3H3,(H2,23,24,25,26,27,28);(H,6,7). The number of aromatic amines is 1. The number of carboxylic acids is 1. The van der Waals surface area contributed by atoms with Crippen LogP contribution in [0.2, 0.25) is 0 Å². The fraction of sp³-hybridized carbons (Fsp3) is 0.261. The molecule has 0 atom stereocenters. The summed E-state index contributed by atoms with van der Waals surface area (Å²) < 4.78 is 48.0. The van der Waals surface area contributed by atoms with E-state index in [-0.39, 0.29) is 17.5 Å². The summed E-state index contributed by atoms with van der Waals surface area (Å²) in [6.45, 7) is 2.21. The van der Waals surface area contributed by atoms with Crippen molar-refractivity contribution >= 4 is 51.3 Å². The lowest BCUT2D eigenvalue weighted by atomic mass is 10.1. The summed E-state index contributed by atoms with van der Waals surface area (Å²) in [5.41, 5.74) is 1.52. The zero-order valence-electron chi connectivity index (χ0n) is 20.1. The van der Waals surface area contributed by atoms with Gasteiger partial charge in [0.25, 0.3) is 5.56 Å². The van der Waals surface area contributed by atoms with Gasteiger partial charge in [0.2, 0.25) is 11.9 Å². The number of ether oxygens (including phenoxy) is 3. The summed E-state index contributed by atoms with van der Waals surface area (Å²) in [4.78, 5) is 37.6. The van der Waals surface area contributed by atoms with Crippen LogP contribution < -0.4 is 25.1 Å². The molecule has 0 unspecified atom stereocenters. The van der Waals surface area contributed by atoms with E-state index in [0.29, 0.717) is 51.8 Å². The Balaban J connectivity index is 0.000000505. The lowest BCUT2D eigenvalue weighted by Gasteiger charge is -2.12. The first-order valence-electron chi connectivity index (χ1n) is 10.7. The predicted molar refractivity (Wildman–Crippen MR) is 133 cm³/mol. The van der Waals surface area contributed by atoms with Crippen LogP contribution in [0.1, 0.15) is 5.69 Å². The third-order valence-electron chi connectivity index (χ3n) is 4.88. The van der Waals surface area contributed by atoms with E-state index in [4.69, 9.17) is 35.7 Å². The molecule has 0 bridgehead atoms. The molecule has 15 heteroatoms. The van der Waals surface area contributed by atoms with Gasteiger partial charge >= 0.3 is 12.1 Å². The molecule has 0 radical (unpaired) electrons. The Labute approximate surface area is 217 Å². The molecule has 2 aromatic heterocycles. The van der Waals surface area contributed by atoms with Gasteiger partial charge in [-0.2, -0.15) is 13.2 Å². The number of methoxy groups -OCH3 is 2. The molecule has 202 valence electrons. The number of alkyl halides is 4. The number of rotatable bonds is 7. The van der Waals surface area contributed by atoms with Gasteiger partial charge in [-0.05, 0) is 31.2 Å². The molecule has 0 fully saturated rings. The average molecular weight is 556 g/mol. The van der Waals surface area contributed by atoms with Crippen LogP contribution in [-0.2, 0) is 4.79 Å². The molecule has 0 saturated carbocycles. The summed E-state index contributed by atoms with van der Waals surface area (Å²) in [7, 11) is 3.15. The van der Waals surface area contributed by atoms with Crippen LogP contribution >= 0.6 is 11.6 Å². The number of hydrogen-bond acceptors (Lipinski definition) is 9. The van der Waals surface area contributed by atoms with Gasteiger partial charge in [0, 0.05) is 11.5 Å². The first-order chi connectivity index (χ1) is 18.0. The minimum Gasteiger partial charge on any atom is -0.497 e. The maximum absolute atomic E-state index is 12.6. The number of fused-ring (bicyclic) bond motifs is 2. The number of anilines is 2. The SMILES string of the molecule is COc1cc(OC)c2nc(Nc3nc4ccc(OCCCl)cc4c(=O)[nH]3)nc(C)c2c1.O=C(O)C(F)(F)F. The van der Waals surface area contributed by atoms with E-state index in [2.05, 4.69) is 25.3 Å². The second kappa shape index (κ2) is 11.8. The van der Waals surface area contributed by atoms with E-state index in [9.17, 15) is 18.0 Å². The highest BCUT2D eigenvalue weighted by Gasteiger charge is 2.38. The van der Waals surface area contributed by atoms with Crippen LogP contribution in [0.15, 0.2) is 35.1 Å². The van der Waals surface area contributed by atoms with Gasteiger partial charge in [0.15, 0.2) is 0 Å². The molecule has 0 amide bonds. The van der Waals surface area contributed by atoms with E-state index in [1.807, 2.05) is 13.0 Å². The molecule has 0 spiro atoms. The van der Waals surface area contributed by atoms with E-state index in [1.165, 1.54) is 0 Å². The number of aromatic nitrogens is 4. The maximum atomic E-state index is 12.6. The van der Waals surface area contributed by atoms with Gasteiger partial charge < -0.3 is 19.3 Å². The maximum Gasteiger partial charge on any atom is 0.490 e. The quantitative estimate of drug-likeness (QED) is 0.283. The number of benzene rings is 2. The lowest BCUT2D eigenvalue weighted by Crippen LogP contribution is -2.21. The number of aliphatic carboxylic acids is 1. The highest BCUT2D eigenvalue weighted by Crippen LogP contribution is 2.32. The number of carboxylic acid groups (broad SMARTS) is 1. The topological polar surface area (TPSA) is 149 Å². The van der Waals surface area contributed by atoms with Gasteiger partial charge in [0.1, 0.15) is 29.4 Å². The van der Waals surface area contributed by atoms with E-state index in [0.717, 1.165) is 5.39 Å². The number of hydrogen-bond donors (Lipinski definition) is 3. The zero-order chi connectivity index (χ0) is 28.0. The molecule has 11 nitrogen and oxygen atoms in total. The Morgan fingerprint density at radius 3 is 2.37 bits per heavy atom. The van der Waals surface area contributed by atoms with Crippen LogP contribution in [0, 0.1) is 6.92 Å². The molecule has 4 rings (SSSR count). The van der Waals surface area contributed by atoms with Crippen LogP contribution in [0.4, 0.5) is 25.1 Å². The molecule has 3 N–H and O–H groups in total. The van der Waals surface area contributed by atoms with Crippen LogP contribution in [0.3, 0.4) is 0 Å². The molecule has 38 heavy (non-hydrogen) atoms. The molecule has 0 aliphatic heterocycles. The van der Waals surface area contributed by atoms with E-state index < -0.39 is 12.1 Å². The summed E-state index contributed by atoms with van der Waals surface area (Å²) in [6.07, 6.45) is -5.08. The van der Waals surface area contributed by atoms with Gasteiger partial charge in [0.05, 0.1) is 36.7 Å². The third-order valence-corrected chi connectivity index (χ3v) is 5.03. The summed E-state index contributed by atoms with van der Waals surface area (Å²) in [5, 5.41) is 11.3. The monoisotopic (exact) mass is 555 g/mol. The van der Waals surface area contributed by atoms with Crippen molar-refractivity contribution in [2.45, 2.75) is 13.1 Å². The molecule has 0 aliphatic rings. The Morgan fingerprint density at radius 1 is 1.08 bits per heavy atom. The number of halogens is 4. The van der Waals surface area contributed by atoms with Crippen molar-refractivity contribution in [3.63, 3.8) is 0 Å². The van der Waals surface area contributed by atoms with E-state index >= 15 is 0 Å². The fourth-order valence-corrected chi connectivity index (χ4v) is 3.26. The van der Waals surface area contributed by atoms with Crippen LogP contribution in [0.5, 0.6) is 17.2 Å². The molecule has 0 saturated heterocycles. The summed E-state index contributed by atoms with van der Waals surface area (Å²) in [5.74, 6) is -0.155. The highest BCUT2D eigenvalue weighted by molar-refractivity contribution is 6.18. The highest BCUT2D eigenvalue weighted by atomic mass is 35.5. The van der Waals surface area contributed by atoms with Gasteiger partial charge in [-0.1, -0.05) is 0 Å². The molecular formula is C23H21ClF3N5O6. The summed E-state index contributed by atoms with van der Waals surface area (Å²) in [6, 6.07) is 8.67. The Kier molecular flexibility index (Phi) is 8.78. The largest absolute Gasteiger partial charge is 0.497 e. The molecule has 0 aliphatic carbocycles. The Hall–Kier alpha value is -4.33. The lowest BCUT2D eigenvalue weighted by molar-refractivity contribution is -0.192. The first kappa shape index (κ1) is 28.2. The Morgan fingerprint density at radius 2 is 1.76 bits per heavy atom. The smallest absolute Gasteiger partial charge is 0.490 e. The Bertz CT molecular complexity index is 1530. The van der Waals surface area contributed by atoms with Crippen molar-refractivity contribution in [3.8, 4) is 17.2 Å². The van der Waals surface area contributed by atoms with Crippen molar-refractivity contribution in [3.05, 3.63) is 46.4 Å². The number of nitrogens with zero attached hydrogens (tertiary/aromatic N) is 3. The van der Waals surface area contributed by atoms with Crippen LogP contribution in [0.25, 0.3) is 21.8 Å². The number of aryl methyl sites for hydroxylation is 1. The van der Waals surface area contributed by atoms with Crippen molar-refractivity contribution in [1.29, 1.82) is 0 Å². The van der Waals surface area contributed by atoms with E-state index in [1.54, 1.807) is 38.5 Å². The molecular weight excluding hydrogens is 535 g/mol. The van der Waals surface area contributed by atoms with Crippen molar-refractivity contribution in [2.24, 2.45) is 0 Å². The number of H-pyrrole nitrogens is 1. The van der Waals surface area contributed by atoms with Crippen molar-refractivity contribution < 1.29 is 37.3 Å². The average Bonchev–Trinajstić information content (AvgIpc) is 2.87. The predicted octanol–water partition coefficient (Wildman–Crippen LogP) is 4.19. The van der Waals surface area contributed by atoms with Gasteiger partial charge in [-0.15, -0.1) is 11.6 Å². The molecule has 2 heterocycles.